The van der Waals surface area contributed by atoms with Crippen LogP contribution in [0.4, 0.5) is 0 Å². The maximum atomic E-state index is 5.54. The minimum atomic E-state index is 0. The third-order valence-electron chi connectivity index (χ3n) is 2.70. The van der Waals surface area contributed by atoms with Gasteiger partial charge in [-0.3, -0.25) is 4.99 Å². The van der Waals surface area contributed by atoms with E-state index in [1.165, 1.54) is 0 Å². The lowest BCUT2D eigenvalue weighted by Crippen LogP contribution is -2.38. The van der Waals surface area contributed by atoms with Crippen LogP contribution in [0.3, 0.4) is 0 Å². The first-order valence-corrected chi connectivity index (χ1v) is 8.87. The molecule has 1 aromatic rings. The second-order valence-electron chi connectivity index (χ2n) is 4.52. The Morgan fingerprint density at radius 1 is 1.36 bits per heavy atom. The van der Waals surface area contributed by atoms with Gasteiger partial charge in [-0.2, -0.15) is 11.8 Å². The third kappa shape index (κ3) is 11.2. The molecule has 0 atom stereocenters. The predicted molar refractivity (Wildman–Crippen MR) is 105 cm³/mol. The Hall–Kier alpha value is -0.410. The van der Waals surface area contributed by atoms with E-state index in [1.54, 1.807) is 6.26 Å². The van der Waals surface area contributed by atoms with Crippen LogP contribution < -0.4 is 10.6 Å². The molecule has 0 aliphatic heterocycles. The highest BCUT2D eigenvalue weighted by Crippen LogP contribution is 2.01. The van der Waals surface area contributed by atoms with Crippen LogP contribution in [0.5, 0.6) is 0 Å². The summed E-state index contributed by atoms with van der Waals surface area (Å²) in [6.45, 7) is 5.92. The normalized spacial score (nSPS) is 11.1. The number of nitrogens with one attached hydrogen (secondary N) is 2. The highest BCUT2D eigenvalue weighted by Gasteiger charge is 1.98. The van der Waals surface area contributed by atoms with Crippen molar-refractivity contribution in [3.8, 4) is 0 Å². The van der Waals surface area contributed by atoms with Crippen molar-refractivity contribution in [3.63, 3.8) is 0 Å². The summed E-state index contributed by atoms with van der Waals surface area (Å²) in [6, 6.07) is 3.79. The first kappa shape index (κ1) is 21.6. The average molecular weight is 441 g/mol. The molecule has 5 nitrogen and oxygen atoms in total. The lowest BCUT2D eigenvalue weighted by Gasteiger charge is -2.11. The fourth-order valence-electron chi connectivity index (χ4n) is 1.69. The number of hydrogen-bond acceptors (Lipinski definition) is 4. The van der Waals surface area contributed by atoms with Gasteiger partial charge in [-0.05, 0) is 43.9 Å². The van der Waals surface area contributed by atoms with Gasteiger partial charge in [0.25, 0.3) is 0 Å². The first-order chi connectivity index (χ1) is 10.4. The van der Waals surface area contributed by atoms with E-state index in [9.17, 15) is 0 Å². The summed E-state index contributed by atoms with van der Waals surface area (Å²) in [4.78, 5) is 4.53. The summed E-state index contributed by atoms with van der Waals surface area (Å²) in [6.07, 6.45) is 5.84. The van der Waals surface area contributed by atoms with E-state index in [-0.39, 0.29) is 24.0 Å². The van der Waals surface area contributed by atoms with Crippen LogP contribution in [-0.4, -0.2) is 44.2 Å². The van der Waals surface area contributed by atoms with E-state index in [4.69, 9.17) is 9.15 Å². The van der Waals surface area contributed by atoms with Gasteiger partial charge in [-0.25, -0.2) is 0 Å². The zero-order valence-electron chi connectivity index (χ0n) is 13.5. The van der Waals surface area contributed by atoms with Crippen molar-refractivity contribution in [2.75, 3.05) is 38.2 Å². The van der Waals surface area contributed by atoms with Crippen LogP contribution in [0.1, 0.15) is 25.5 Å². The number of ether oxygens (including phenoxy) is 1. The van der Waals surface area contributed by atoms with Gasteiger partial charge in [0.2, 0.25) is 0 Å². The average Bonchev–Trinajstić information content (AvgIpc) is 3.00. The Balaban J connectivity index is 0.00000441. The Kier molecular flexibility index (Phi) is 15.2. The zero-order valence-corrected chi connectivity index (χ0v) is 16.6. The van der Waals surface area contributed by atoms with Gasteiger partial charge in [-0.1, -0.05) is 0 Å². The summed E-state index contributed by atoms with van der Waals surface area (Å²) in [5, 5.41) is 6.57. The summed E-state index contributed by atoms with van der Waals surface area (Å²) < 4.78 is 10.7. The van der Waals surface area contributed by atoms with Gasteiger partial charge < -0.3 is 19.8 Å². The Labute approximate surface area is 155 Å². The third-order valence-corrected chi connectivity index (χ3v) is 3.40. The molecular formula is C15H28IN3O2S. The molecule has 0 aliphatic carbocycles. The second-order valence-corrected chi connectivity index (χ2v) is 5.50. The van der Waals surface area contributed by atoms with Crippen LogP contribution in [0, 0.1) is 0 Å². The van der Waals surface area contributed by atoms with Gasteiger partial charge in [-0.15, -0.1) is 24.0 Å². The second kappa shape index (κ2) is 15.5. The summed E-state index contributed by atoms with van der Waals surface area (Å²) in [7, 11) is 0. The van der Waals surface area contributed by atoms with Crippen molar-refractivity contribution >= 4 is 41.7 Å². The van der Waals surface area contributed by atoms with Crippen LogP contribution in [-0.2, 0) is 11.3 Å². The number of thioether (sulfide) groups is 1. The van der Waals surface area contributed by atoms with Crippen molar-refractivity contribution in [3.05, 3.63) is 24.2 Å². The molecule has 22 heavy (non-hydrogen) atoms. The highest BCUT2D eigenvalue weighted by molar-refractivity contribution is 14.0. The van der Waals surface area contributed by atoms with Crippen molar-refractivity contribution < 1.29 is 9.15 Å². The predicted octanol–water partition coefficient (Wildman–Crippen LogP) is 3.11. The summed E-state index contributed by atoms with van der Waals surface area (Å²) >= 11 is 1.86. The maximum absolute atomic E-state index is 5.54. The molecule has 0 saturated carbocycles. The monoisotopic (exact) mass is 441 g/mol. The molecule has 0 unspecified atom stereocenters. The lowest BCUT2D eigenvalue weighted by molar-refractivity contribution is 0.105. The molecule has 7 heteroatoms. The number of halogens is 1. The number of furan rings is 1. The quantitative estimate of drug-likeness (QED) is 0.239. The molecule has 0 amide bonds. The topological polar surface area (TPSA) is 58.8 Å². The van der Waals surface area contributed by atoms with Gasteiger partial charge in [0.05, 0.1) is 6.26 Å². The van der Waals surface area contributed by atoms with Gasteiger partial charge in [0, 0.05) is 26.2 Å². The standard InChI is InChI=1S/C15H27N3O2S.HI/c1-3-16-15(18-9-6-12-21-2)17-8-5-10-19-13-14-7-4-11-20-14;/h4,7,11H,3,5-6,8-10,12-13H2,1-2H3,(H2,16,17,18);1H. The van der Waals surface area contributed by atoms with E-state index in [1.807, 2.05) is 23.9 Å². The number of rotatable bonds is 11. The van der Waals surface area contributed by atoms with E-state index < -0.39 is 0 Å². The SMILES string of the molecule is CCNC(=NCCCSC)NCCCOCc1ccco1.I. The first-order valence-electron chi connectivity index (χ1n) is 7.48. The largest absolute Gasteiger partial charge is 0.467 e. The van der Waals surface area contributed by atoms with Crippen molar-refractivity contribution in [2.45, 2.75) is 26.4 Å². The van der Waals surface area contributed by atoms with Crippen LogP contribution in [0.15, 0.2) is 27.8 Å². The van der Waals surface area contributed by atoms with E-state index in [0.717, 1.165) is 49.9 Å². The van der Waals surface area contributed by atoms with E-state index >= 15 is 0 Å². The molecule has 0 fully saturated rings. The van der Waals surface area contributed by atoms with Crippen LogP contribution >= 0.6 is 35.7 Å². The van der Waals surface area contributed by atoms with Crippen molar-refractivity contribution in [2.24, 2.45) is 4.99 Å². The van der Waals surface area contributed by atoms with Crippen molar-refractivity contribution in [1.29, 1.82) is 0 Å². The molecule has 1 heterocycles. The smallest absolute Gasteiger partial charge is 0.191 e. The Morgan fingerprint density at radius 3 is 2.91 bits per heavy atom. The van der Waals surface area contributed by atoms with Crippen LogP contribution in [0.2, 0.25) is 0 Å². The highest BCUT2D eigenvalue weighted by atomic mass is 127. The fourth-order valence-corrected chi connectivity index (χ4v) is 2.11. The number of guanidine groups is 1. The Morgan fingerprint density at radius 2 is 2.23 bits per heavy atom. The molecule has 0 aromatic carbocycles. The Bertz CT molecular complexity index is 375. The molecule has 0 saturated heterocycles. The molecule has 0 aliphatic rings. The van der Waals surface area contributed by atoms with Crippen molar-refractivity contribution in [1.82, 2.24) is 10.6 Å². The molecule has 0 spiro atoms. The van der Waals surface area contributed by atoms with E-state index in [0.29, 0.717) is 13.2 Å². The van der Waals surface area contributed by atoms with Gasteiger partial charge in [0.1, 0.15) is 12.4 Å². The van der Waals surface area contributed by atoms with Gasteiger partial charge in [0.15, 0.2) is 5.96 Å². The number of hydrogen-bond donors (Lipinski definition) is 2. The fraction of sp³-hybridized carbons (Fsp3) is 0.667. The maximum Gasteiger partial charge on any atom is 0.191 e. The van der Waals surface area contributed by atoms with Gasteiger partial charge >= 0.3 is 0 Å². The summed E-state index contributed by atoms with van der Waals surface area (Å²) in [5.41, 5.74) is 0. The minimum absolute atomic E-state index is 0. The number of nitrogens with zero attached hydrogens (tertiary/aromatic N) is 1. The molecule has 1 aromatic heterocycles. The minimum Gasteiger partial charge on any atom is -0.467 e. The lowest BCUT2D eigenvalue weighted by atomic mass is 10.4. The number of aliphatic imine (C=N–C) groups is 1. The molecule has 0 radical (unpaired) electrons. The zero-order chi connectivity index (χ0) is 15.2. The molecule has 128 valence electrons. The molecule has 2 N–H and O–H groups in total. The molecule has 0 bridgehead atoms. The summed E-state index contributed by atoms with van der Waals surface area (Å²) in [5.74, 6) is 2.92. The van der Waals surface area contributed by atoms with Crippen LogP contribution in [0.25, 0.3) is 0 Å². The molecule has 1 rings (SSSR count). The molecular weight excluding hydrogens is 413 g/mol. The van der Waals surface area contributed by atoms with E-state index in [2.05, 4.69) is 28.8 Å².